The van der Waals surface area contributed by atoms with Crippen LogP contribution in [0, 0.1) is 6.92 Å². The van der Waals surface area contributed by atoms with E-state index in [2.05, 4.69) is 28.4 Å². The molecule has 1 aromatic heterocycles. The van der Waals surface area contributed by atoms with Crippen molar-refractivity contribution in [3.8, 4) is 0 Å². The molecule has 1 atom stereocenters. The average molecular weight is 428 g/mol. The van der Waals surface area contributed by atoms with Gasteiger partial charge in [0.25, 0.3) is 5.91 Å². The van der Waals surface area contributed by atoms with E-state index in [1.54, 1.807) is 17.0 Å². The van der Waals surface area contributed by atoms with Crippen molar-refractivity contribution < 1.29 is 14.0 Å². The van der Waals surface area contributed by atoms with E-state index in [1.165, 1.54) is 23.3 Å². The van der Waals surface area contributed by atoms with Gasteiger partial charge in [0.1, 0.15) is 6.04 Å². The third-order valence-electron chi connectivity index (χ3n) is 5.87. The van der Waals surface area contributed by atoms with E-state index in [4.69, 9.17) is 4.42 Å². The number of likely N-dealkylation sites (tertiary alicyclic amines) is 1. The Balaban J connectivity index is 1.46. The number of carbonyl (C=O) groups excluding carboxylic acids is 2. The van der Waals surface area contributed by atoms with E-state index < -0.39 is 6.04 Å². The van der Waals surface area contributed by atoms with Crippen LogP contribution >= 0.6 is 11.8 Å². The summed E-state index contributed by atoms with van der Waals surface area (Å²) in [6.45, 7) is 5.68. The predicted octanol–water partition coefficient (Wildman–Crippen LogP) is 3.77. The number of hydrogen-bond donors (Lipinski definition) is 1. The number of carbonyl (C=O) groups is 2. The molecule has 30 heavy (non-hydrogen) atoms. The molecular formula is C23H29N3O3S. The number of thioether (sulfide) groups is 1. The zero-order chi connectivity index (χ0) is 20.9. The minimum atomic E-state index is -0.474. The van der Waals surface area contributed by atoms with Crippen molar-refractivity contribution in [3.63, 3.8) is 0 Å². The van der Waals surface area contributed by atoms with Gasteiger partial charge in [0.05, 0.1) is 6.26 Å². The smallest absolute Gasteiger partial charge is 0.290 e. The van der Waals surface area contributed by atoms with Crippen molar-refractivity contribution in [2.45, 2.75) is 38.8 Å². The lowest BCUT2D eigenvalue weighted by atomic mass is 10.0. The quantitative estimate of drug-likeness (QED) is 0.787. The number of nitrogens with zero attached hydrogens (tertiary/aromatic N) is 2. The van der Waals surface area contributed by atoms with E-state index in [1.807, 2.05) is 18.7 Å². The molecule has 2 aliphatic rings. The normalized spacial score (nSPS) is 20.2. The fourth-order valence-corrected chi connectivity index (χ4v) is 5.10. The lowest BCUT2D eigenvalue weighted by Crippen LogP contribution is -2.50. The fraction of sp³-hybridized carbons (Fsp3) is 0.478. The Kier molecular flexibility index (Phi) is 6.79. The van der Waals surface area contributed by atoms with Crippen molar-refractivity contribution in [3.05, 3.63) is 53.5 Å². The first-order chi connectivity index (χ1) is 14.6. The molecule has 3 heterocycles. The second kappa shape index (κ2) is 9.71. The van der Waals surface area contributed by atoms with Gasteiger partial charge in [-0.3, -0.25) is 14.5 Å². The Morgan fingerprint density at radius 1 is 1.17 bits per heavy atom. The summed E-state index contributed by atoms with van der Waals surface area (Å²) in [6.07, 6.45) is 4.00. The van der Waals surface area contributed by atoms with Crippen molar-refractivity contribution in [1.29, 1.82) is 0 Å². The van der Waals surface area contributed by atoms with Gasteiger partial charge in [0.2, 0.25) is 5.91 Å². The van der Waals surface area contributed by atoms with Crippen LogP contribution in [-0.2, 0) is 11.3 Å². The number of furan rings is 1. The highest BCUT2D eigenvalue weighted by molar-refractivity contribution is 7.99. The second-order valence-electron chi connectivity index (χ2n) is 8.01. The van der Waals surface area contributed by atoms with Crippen molar-refractivity contribution in [1.82, 2.24) is 9.80 Å². The Morgan fingerprint density at radius 2 is 2.00 bits per heavy atom. The molecule has 6 nitrogen and oxygen atoms in total. The second-order valence-corrected chi connectivity index (χ2v) is 9.24. The van der Waals surface area contributed by atoms with E-state index >= 15 is 0 Å². The lowest BCUT2D eigenvalue weighted by Gasteiger charge is -2.34. The SMILES string of the molecule is Cc1ccc(CN2CCSCC2)cc1NC(=O)C1CCCCN1C(=O)c1ccco1. The van der Waals surface area contributed by atoms with Crippen LogP contribution in [0.1, 0.15) is 40.9 Å². The maximum atomic E-state index is 13.2. The number of nitrogens with one attached hydrogen (secondary N) is 1. The van der Waals surface area contributed by atoms with Crippen LogP contribution in [0.2, 0.25) is 0 Å². The third kappa shape index (κ3) is 4.90. The average Bonchev–Trinajstić information content (AvgIpc) is 3.31. The largest absolute Gasteiger partial charge is 0.459 e. The maximum absolute atomic E-state index is 13.2. The molecule has 7 heteroatoms. The van der Waals surface area contributed by atoms with Gasteiger partial charge in [-0.1, -0.05) is 12.1 Å². The van der Waals surface area contributed by atoms with Crippen molar-refractivity contribution in [2.75, 3.05) is 36.5 Å². The van der Waals surface area contributed by atoms with E-state index in [9.17, 15) is 9.59 Å². The van der Waals surface area contributed by atoms with Crippen LogP contribution in [0.5, 0.6) is 0 Å². The molecule has 0 spiro atoms. The standard InChI is InChI=1S/C23H29N3O3S/c1-17-7-8-18(16-25-10-13-30-14-11-25)15-19(17)24-22(27)20-5-2-3-9-26(20)23(28)21-6-4-12-29-21/h4,6-8,12,15,20H,2-3,5,9-11,13-14,16H2,1H3,(H,24,27). The van der Waals surface area contributed by atoms with E-state index in [-0.39, 0.29) is 17.6 Å². The number of aryl methyl sites for hydroxylation is 1. The van der Waals surface area contributed by atoms with Crippen LogP contribution < -0.4 is 5.32 Å². The summed E-state index contributed by atoms with van der Waals surface area (Å²) < 4.78 is 5.27. The highest BCUT2D eigenvalue weighted by Crippen LogP contribution is 2.24. The number of amides is 2. The zero-order valence-electron chi connectivity index (χ0n) is 17.4. The van der Waals surface area contributed by atoms with Crippen LogP contribution in [-0.4, -0.2) is 58.8 Å². The van der Waals surface area contributed by atoms with Crippen LogP contribution in [0.15, 0.2) is 41.0 Å². The van der Waals surface area contributed by atoms with E-state index in [0.29, 0.717) is 13.0 Å². The molecule has 160 valence electrons. The van der Waals surface area contributed by atoms with E-state index in [0.717, 1.165) is 43.7 Å². The zero-order valence-corrected chi connectivity index (χ0v) is 18.2. The van der Waals surface area contributed by atoms with Crippen molar-refractivity contribution in [2.24, 2.45) is 0 Å². The first-order valence-electron chi connectivity index (χ1n) is 10.7. The van der Waals surface area contributed by atoms with Gasteiger partial charge in [-0.25, -0.2) is 0 Å². The molecule has 0 radical (unpaired) electrons. The summed E-state index contributed by atoms with van der Waals surface area (Å²) in [5.41, 5.74) is 3.07. The monoisotopic (exact) mass is 427 g/mol. The molecule has 2 fully saturated rings. The number of hydrogen-bond acceptors (Lipinski definition) is 5. The molecule has 2 aliphatic heterocycles. The third-order valence-corrected chi connectivity index (χ3v) is 6.81. The molecule has 0 aliphatic carbocycles. The highest BCUT2D eigenvalue weighted by atomic mass is 32.2. The van der Waals surface area contributed by atoms with Gasteiger partial charge >= 0.3 is 0 Å². The molecule has 2 amide bonds. The van der Waals surface area contributed by atoms with Gasteiger partial charge in [0.15, 0.2) is 5.76 Å². The summed E-state index contributed by atoms with van der Waals surface area (Å²) >= 11 is 2.00. The molecule has 0 saturated carbocycles. The molecule has 0 bridgehead atoms. The first kappa shape index (κ1) is 21.0. The minimum Gasteiger partial charge on any atom is -0.459 e. The molecule has 2 saturated heterocycles. The van der Waals surface area contributed by atoms with Gasteiger partial charge in [0, 0.05) is 43.4 Å². The van der Waals surface area contributed by atoms with Gasteiger partial charge in [-0.05, 0) is 55.5 Å². The molecule has 1 N–H and O–H groups in total. The Morgan fingerprint density at radius 3 is 2.77 bits per heavy atom. The molecule has 4 rings (SSSR count). The Hall–Kier alpha value is -2.25. The van der Waals surface area contributed by atoms with Gasteiger partial charge < -0.3 is 14.6 Å². The number of rotatable bonds is 5. The minimum absolute atomic E-state index is 0.121. The maximum Gasteiger partial charge on any atom is 0.290 e. The summed E-state index contributed by atoms with van der Waals surface area (Å²) in [5.74, 6) is 2.30. The lowest BCUT2D eigenvalue weighted by molar-refractivity contribution is -0.121. The number of piperidine rings is 1. The van der Waals surface area contributed by atoms with Crippen LogP contribution in [0.25, 0.3) is 0 Å². The Labute approximate surface area is 182 Å². The van der Waals surface area contributed by atoms with Gasteiger partial charge in [-0.15, -0.1) is 0 Å². The first-order valence-corrected chi connectivity index (χ1v) is 11.8. The number of anilines is 1. The van der Waals surface area contributed by atoms with Crippen LogP contribution in [0.3, 0.4) is 0 Å². The van der Waals surface area contributed by atoms with Crippen molar-refractivity contribution >= 4 is 29.3 Å². The Bertz CT molecular complexity index is 878. The fourth-order valence-electron chi connectivity index (χ4n) is 4.12. The summed E-state index contributed by atoms with van der Waals surface area (Å²) in [7, 11) is 0. The molecule has 2 aromatic rings. The topological polar surface area (TPSA) is 65.8 Å². The summed E-state index contributed by atoms with van der Waals surface area (Å²) in [5, 5.41) is 3.10. The molecule has 1 aromatic carbocycles. The van der Waals surface area contributed by atoms with Crippen LogP contribution in [0.4, 0.5) is 5.69 Å². The molecule has 1 unspecified atom stereocenters. The summed E-state index contributed by atoms with van der Waals surface area (Å²) in [6, 6.07) is 9.16. The highest BCUT2D eigenvalue weighted by Gasteiger charge is 2.33. The predicted molar refractivity (Wildman–Crippen MR) is 120 cm³/mol. The number of benzene rings is 1. The molecular weight excluding hydrogens is 398 g/mol. The summed E-state index contributed by atoms with van der Waals surface area (Å²) in [4.78, 5) is 30.1. The van der Waals surface area contributed by atoms with Gasteiger partial charge in [-0.2, -0.15) is 11.8 Å².